The molecule has 8 heteroatoms. The van der Waals surface area contributed by atoms with Crippen LogP contribution in [0.1, 0.15) is 30.9 Å². The van der Waals surface area contributed by atoms with Gasteiger partial charge in [0.25, 0.3) is 0 Å². The molecule has 0 radical (unpaired) electrons. The number of rotatable bonds is 11. The van der Waals surface area contributed by atoms with Crippen molar-refractivity contribution in [3.05, 3.63) is 41.0 Å². The van der Waals surface area contributed by atoms with Crippen LogP contribution in [0.4, 0.5) is 0 Å². The number of hydrogen-bond donors (Lipinski definition) is 1. The number of carboxylic acid groups (broad SMARTS) is 1. The van der Waals surface area contributed by atoms with Crippen LogP contribution in [-0.4, -0.2) is 53.7 Å². The Balaban J connectivity index is 2.75. The summed E-state index contributed by atoms with van der Waals surface area (Å²) < 4.78 is 32.7. The second-order valence-electron chi connectivity index (χ2n) is 7.39. The molecule has 0 saturated heterocycles. The fourth-order valence-electron chi connectivity index (χ4n) is 3.85. The van der Waals surface area contributed by atoms with E-state index in [1.807, 2.05) is 13.0 Å². The molecular weight excluding hydrogens is 428 g/mol. The SMILES string of the molecule is COc1cc(OC)c(OC)cc1/C=C(\C)[C@@H](c1cc(OC)c(OC)cc1OC)[C@@H](C)C(=O)O. The van der Waals surface area contributed by atoms with Gasteiger partial charge in [-0.25, -0.2) is 0 Å². The Bertz CT molecular complexity index is 1010. The van der Waals surface area contributed by atoms with Gasteiger partial charge in [0.2, 0.25) is 0 Å². The Morgan fingerprint density at radius 3 is 1.61 bits per heavy atom. The quantitative estimate of drug-likeness (QED) is 0.518. The van der Waals surface area contributed by atoms with Crippen molar-refractivity contribution in [2.45, 2.75) is 19.8 Å². The van der Waals surface area contributed by atoms with Gasteiger partial charge < -0.3 is 33.5 Å². The van der Waals surface area contributed by atoms with E-state index in [0.717, 1.165) is 11.1 Å². The smallest absolute Gasteiger partial charge is 0.307 e. The average Bonchev–Trinajstić information content (AvgIpc) is 2.83. The van der Waals surface area contributed by atoms with Gasteiger partial charge in [-0.3, -0.25) is 4.79 Å². The standard InChI is InChI=1S/C25H32O8/c1-14(9-16-10-20(30-5)22(32-7)12-18(16)28-3)24(15(2)25(26)27)17-11-21(31-6)23(33-8)13-19(17)29-4/h9-13,15,24H,1-8H3,(H,26,27)/b14-9+/t15-,24-/m1/s1. The van der Waals surface area contributed by atoms with E-state index in [1.54, 1.807) is 52.5 Å². The lowest BCUT2D eigenvalue weighted by Gasteiger charge is -2.26. The summed E-state index contributed by atoms with van der Waals surface area (Å²) in [4.78, 5) is 12.1. The van der Waals surface area contributed by atoms with Gasteiger partial charge in [0.1, 0.15) is 11.5 Å². The van der Waals surface area contributed by atoms with Crippen LogP contribution in [0, 0.1) is 5.92 Å². The Kier molecular flexibility index (Phi) is 8.85. The van der Waals surface area contributed by atoms with Gasteiger partial charge in [-0.2, -0.15) is 0 Å². The fourth-order valence-corrected chi connectivity index (χ4v) is 3.85. The van der Waals surface area contributed by atoms with Crippen LogP contribution < -0.4 is 28.4 Å². The highest BCUT2D eigenvalue weighted by Crippen LogP contribution is 2.44. The first-order valence-electron chi connectivity index (χ1n) is 10.3. The molecule has 33 heavy (non-hydrogen) atoms. The summed E-state index contributed by atoms with van der Waals surface area (Å²) in [6.45, 7) is 3.53. The largest absolute Gasteiger partial charge is 0.496 e. The number of hydrogen-bond acceptors (Lipinski definition) is 7. The van der Waals surface area contributed by atoms with E-state index in [0.29, 0.717) is 40.1 Å². The summed E-state index contributed by atoms with van der Waals surface area (Å²) in [5.74, 6) is 0.851. The molecule has 2 aromatic rings. The topological polar surface area (TPSA) is 92.7 Å². The van der Waals surface area contributed by atoms with Crippen molar-refractivity contribution in [3.8, 4) is 34.5 Å². The summed E-state index contributed by atoms with van der Waals surface area (Å²) in [7, 11) is 9.25. The van der Waals surface area contributed by atoms with Crippen LogP contribution >= 0.6 is 0 Å². The van der Waals surface area contributed by atoms with Crippen LogP contribution in [-0.2, 0) is 4.79 Å². The monoisotopic (exact) mass is 460 g/mol. The zero-order valence-corrected chi connectivity index (χ0v) is 20.3. The predicted octanol–water partition coefficient (Wildman–Crippen LogP) is 4.65. The summed E-state index contributed by atoms with van der Waals surface area (Å²) in [5, 5.41) is 9.89. The normalized spacial score (nSPS) is 13.0. The zero-order chi connectivity index (χ0) is 24.7. The highest BCUT2D eigenvalue weighted by Gasteiger charge is 2.31. The molecule has 2 rings (SSSR count). The number of methoxy groups -OCH3 is 6. The van der Waals surface area contributed by atoms with Gasteiger partial charge in [-0.15, -0.1) is 0 Å². The average molecular weight is 461 g/mol. The molecule has 0 aliphatic heterocycles. The third kappa shape index (κ3) is 5.45. The van der Waals surface area contributed by atoms with Gasteiger partial charge in [0.15, 0.2) is 23.0 Å². The number of allylic oxidation sites excluding steroid dienone is 1. The van der Waals surface area contributed by atoms with Crippen molar-refractivity contribution in [1.29, 1.82) is 0 Å². The summed E-state index contributed by atoms with van der Waals surface area (Å²) in [6, 6.07) is 6.96. The number of ether oxygens (including phenoxy) is 6. The molecule has 0 unspecified atom stereocenters. The van der Waals surface area contributed by atoms with E-state index in [9.17, 15) is 9.90 Å². The Morgan fingerprint density at radius 1 is 0.727 bits per heavy atom. The number of carboxylic acids is 1. The molecule has 0 bridgehead atoms. The fraction of sp³-hybridized carbons (Fsp3) is 0.400. The van der Waals surface area contributed by atoms with Gasteiger partial charge in [-0.1, -0.05) is 18.6 Å². The van der Waals surface area contributed by atoms with E-state index < -0.39 is 17.8 Å². The molecule has 0 fully saturated rings. The Hall–Kier alpha value is -3.55. The molecule has 0 spiro atoms. The van der Waals surface area contributed by atoms with Crippen molar-refractivity contribution >= 4 is 12.0 Å². The van der Waals surface area contributed by atoms with Crippen molar-refractivity contribution in [3.63, 3.8) is 0 Å². The maximum atomic E-state index is 12.1. The predicted molar refractivity (Wildman–Crippen MR) is 125 cm³/mol. The van der Waals surface area contributed by atoms with Gasteiger partial charge in [0.05, 0.1) is 48.6 Å². The maximum Gasteiger partial charge on any atom is 0.307 e. The third-order valence-corrected chi connectivity index (χ3v) is 5.57. The molecule has 0 aromatic heterocycles. The second kappa shape index (κ2) is 11.4. The molecule has 0 saturated carbocycles. The lowest BCUT2D eigenvalue weighted by atomic mass is 9.80. The molecule has 0 aliphatic rings. The van der Waals surface area contributed by atoms with Crippen LogP contribution in [0.2, 0.25) is 0 Å². The molecule has 2 atom stereocenters. The van der Waals surface area contributed by atoms with Crippen molar-refractivity contribution in [1.82, 2.24) is 0 Å². The third-order valence-electron chi connectivity index (χ3n) is 5.57. The van der Waals surface area contributed by atoms with Crippen LogP contribution in [0.5, 0.6) is 34.5 Å². The Labute approximate surface area is 194 Å². The van der Waals surface area contributed by atoms with Crippen LogP contribution in [0.15, 0.2) is 29.8 Å². The number of benzene rings is 2. The minimum atomic E-state index is -0.941. The van der Waals surface area contributed by atoms with Crippen LogP contribution in [0.25, 0.3) is 6.08 Å². The minimum Gasteiger partial charge on any atom is -0.496 e. The van der Waals surface area contributed by atoms with Gasteiger partial charge in [0, 0.05) is 29.2 Å². The highest BCUT2D eigenvalue weighted by molar-refractivity contribution is 5.74. The molecular formula is C25H32O8. The highest BCUT2D eigenvalue weighted by atomic mass is 16.5. The van der Waals surface area contributed by atoms with Gasteiger partial charge >= 0.3 is 5.97 Å². The number of carbonyl (C=O) groups is 1. The second-order valence-corrected chi connectivity index (χ2v) is 7.39. The lowest BCUT2D eigenvalue weighted by Crippen LogP contribution is -2.21. The van der Waals surface area contributed by atoms with Gasteiger partial charge in [-0.05, 0) is 19.1 Å². The van der Waals surface area contributed by atoms with E-state index in [1.165, 1.54) is 21.3 Å². The number of aliphatic carboxylic acids is 1. The van der Waals surface area contributed by atoms with Crippen LogP contribution in [0.3, 0.4) is 0 Å². The molecule has 180 valence electrons. The summed E-state index contributed by atoms with van der Waals surface area (Å²) in [5.41, 5.74) is 2.16. The van der Waals surface area contributed by atoms with E-state index in [2.05, 4.69) is 0 Å². The minimum absolute atomic E-state index is 0.479. The molecule has 0 heterocycles. The molecule has 8 nitrogen and oxygen atoms in total. The first-order chi connectivity index (χ1) is 15.8. The Morgan fingerprint density at radius 2 is 1.15 bits per heavy atom. The molecule has 1 N–H and O–H groups in total. The first-order valence-corrected chi connectivity index (χ1v) is 10.3. The van der Waals surface area contributed by atoms with E-state index >= 15 is 0 Å². The van der Waals surface area contributed by atoms with Crippen molar-refractivity contribution in [2.24, 2.45) is 5.92 Å². The van der Waals surface area contributed by atoms with Crippen molar-refractivity contribution < 1.29 is 38.3 Å². The summed E-state index contributed by atoms with van der Waals surface area (Å²) in [6.07, 6.45) is 1.88. The molecule has 0 amide bonds. The lowest BCUT2D eigenvalue weighted by molar-refractivity contribution is -0.141. The first kappa shape index (κ1) is 25.7. The zero-order valence-electron chi connectivity index (χ0n) is 20.3. The summed E-state index contributed by atoms with van der Waals surface area (Å²) >= 11 is 0. The molecule has 0 aliphatic carbocycles. The molecule has 2 aromatic carbocycles. The van der Waals surface area contributed by atoms with E-state index in [4.69, 9.17) is 28.4 Å². The maximum absolute atomic E-state index is 12.1. The van der Waals surface area contributed by atoms with E-state index in [-0.39, 0.29) is 0 Å². The van der Waals surface area contributed by atoms with Crippen molar-refractivity contribution in [2.75, 3.05) is 42.7 Å².